The van der Waals surface area contributed by atoms with Gasteiger partial charge in [0.2, 0.25) is 0 Å². The van der Waals surface area contributed by atoms with Crippen LogP contribution in [0.15, 0.2) is 56.5 Å². The van der Waals surface area contributed by atoms with Crippen molar-refractivity contribution >= 4 is 11.8 Å². The van der Waals surface area contributed by atoms with Gasteiger partial charge in [0.05, 0.1) is 12.0 Å². The lowest BCUT2D eigenvalue weighted by Gasteiger charge is -1.97. The number of aromatic hydroxyl groups is 1. The summed E-state index contributed by atoms with van der Waals surface area (Å²) in [4.78, 5) is 5.27. The van der Waals surface area contributed by atoms with Crippen molar-refractivity contribution in [3.8, 4) is 17.4 Å². The number of nitrogens with zero attached hydrogens (tertiary/aromatic N) is 2. The molecule has 3 aromatic rings. The molecule has 0 radical (unpaired) electrons. The summed E-state index contributed by atoms with van der Waals surface area (Å²) in [5.74, 6) is 2.39. The first-order chi connectivity index (χ1) is 9.31. The molecule has 3 rings (SSSR count). The van der Waals surface area contributed by atoms with E-state index in [0.29, 0.717) is 23.2 Å². The lowest BCUT2D eigenvalue weighted by atomic mass is 10.3. The molecule has 6 heteroatoms. The maximum Gasteiger partial charge on any atom is 0.293 e. The van der Waals surface area contributed by atoms with Crippen LogP contribution >= 0.6 is 11.8 Å². The van der Waals surface area contributed by atoms with Gasteiger partial charge in [0, 0.05) is 4.90 Å². The van der Waals surface area contributed by atoms with E-state index in [-0.39, 0.29) is 5.75 Å². The van der Waals surface area contributed by atoms with E-state index in [1.54, 1.807) is 42.3 Å². The summed E-state index contributed by atoms with van der Waals surface area (Å²) in [5, 5.41) is 13.1. The molecule has 0 spiro atoms. The van der Waals surface area contributed by atoms with E-state index in [4.69, 9.17) is 8.94 Å². The predicted octanol–water partition coefficient (Wildman–Crippen LogP) is 3.33. The number of rotatable bonds is 4. The van der Waals surface area contributed by atoms with Crippen molar-refractivity contribution < 1.29 is 14.0 Å². The zero-order chi connectivity index (χ0) is 13.1. The van der Waals surface area contributed by atoms with Gasteiger partial charge in [-0.25, -0.2) is 0 Å². The van der Waals surface area contributed by atoms with Crippen LogP contribution in [-0.2, 0) is 5.75 Å². The molecule has 0 amide bonds. The Kier molecular flexibility index (Phi) is 3.24. The molecule has 0 unspecified atom stereocenters. The smallest absolute Gasteiger partial charge is 0.293 e. The highest BCUT2D eigenvalue weighted by Gasteiger charge is 2.11. The molecular formula is C13H10N2O3S. The number of aromatic nitrogens is 2. The molecule has 2 aromatic heterocycles. The average Bonchev–Trinajstić information content (AvgIpc) is 3.09. The Hall–Kier alpha value is -2.21. The highest BCUT2D eigenvalue weighted by atomic mass is 32.2. The Bertz CT molecular complexity index is 647. The van der Waals surface area contributed by atoms with Crippen LogP contribution in [0.5, 0.6) is 5.75 Å². The standard InChI is InChI=1S/C13H10N2O3S/c16-9-3-5-10(6-4-9)19-8-12-14-13(18-15-12)11-2-1-7-17-11/h1-7,16H,8H2. The summed E-state index contributed by atoms with van der Waals surface area (Å²) in [6, 6.07) is 10.5. The number of phenols is 1. The van der Waals surface area contributed by atoms with E-state index >= 15 is 0 Å². The van der Waals surface area contributed by atoms with Gasteiger partial charge in [-0.1, -0.05) is 5.16 Å². The number of hydrogen-bond donors (Lipinski definition) is 1. The number of phenolic OH excluding ortho intramolecular Hbond substituents is 1. The normalized spacial score (nSPS) is 10.7. The summed E-state index contributed by atoms with van der Waals surface area (Å²) >= 11 is 1.57. The lowest BCUT2D eigenvalue weighted by molar-refractivity contribution is 0.411. The van der Waals surface area contributed by atoms with Crippen molar-refractivity contribution in [3.05, 3.63) is 48.5 Å². The molecule has 1 N–H and O–H groups in total. The highest BCUT2D eigenvalue weighted by Crippen LogP contribution is 2.25. The Balaban J connectivity index is 1.66. The van der Waals surface area contributed by atoms with Crippen molar-refractivity contribution in [2.45, 2.75) is 10.6 Å². The third-order valence-corrected chi connectivity index (χ3v) is 3.41. The molecule has 5 nitrogen and oxygen atoms in total. The first kappa shape index (κ1) is 11.9. The van der Waals surface area contributed by atoms with Crippen LogP contribution in [0.25, 0.3) is 11.7 Å². The van der Waals surface area contributed by atoms with Crippen LogP contribution in [0.2, 0.25) is 0 Å². The zero-order valence-electron chi connectivity index (χ0n) is 9.81. The largest absolute Gasteiger partial charge is 0.508 e. The van der Waals surface area contributed by atoms with Crippen LogP contribution in [-0.4, -0.2) is 15.2 Å². The van der Waals surface area contributed by atoms with Crippen molar-refractivity contribution in [2.24, 2.45) is 0 Å². The molecule has 0 atom stereocenters. The van der Waals surface area contributed by atoms with Crippen molar-refractivity contribution in [1.82, 2.24) is 10.1 Å². The molecule has 0 aliphatic heterocycles. The zero-order valence-corrected chi connectivity index (χ0v) is 10.6. The number of hydrogen-bond acceptors (Lipinski definition) is 6. The van der Waals surface area contributed by atoms with Gasteiger partial charge in [-0.2, -0.15) is 4.98 Å². The number of benzene rings is 1. The molecule has 0 saturated carbocycles. The molecule has 0 saturated heterocycles. The SMILES string of the molecule is Oc1ccc(SCc2noc(-c3ccco3)n2)cc1. The molecule has 0 aliphatic carbocycles. The minimum Gasteiger partial charge on any atom is -0.508 e. The second-order valence-corrected chi connectivity index (χ2v) is 4.82. The molecule has 19 heavy (non-hydrogen) atoms. The Morgan fingerprint density at radius 1 is 1.16 bits per heavy atom. The van der Waals surface area contributed by atoms with E-state index in [9.17, 15) is 5.11 Å². The summed E-state index contributed by atoms with van der Waals surface area (Å²) in [7, 11) is 0. The maximum absolute atomic E-state index is 9.19. The number of thioether (sulfide) groups is 1. The van der Waals surface area contributed by atoms with Gasteiger partial charge in [0.15, 0.2) is 11.6 Å². The van der Waals surface area contributed by atoms with Crippen LogP contribution in [0.3, 0.4) is 0 Å². The quantitative estimate of drug-likeness (QED) is 0.736. The van der Waals surface area contributed by atoms with Gasteiger partial charge < -0.3 is 14.0 Å². The first-order valence-electron chi connectivity index (χ1n) is 5.59. The van der Waals surface area contributed by atoms with Gasteiger partial charge in [-0.15, -0.1) is 11.8 Å². The highest BCUT2D eigenvalue weighted by molar-refractivity contribution is 7.98. The summed E-state index contributed by atoms with van der Waals surface area (Å²) in [6.07, 6.45) is 1.56. The van der Waals surface area contributed by atoms with Crippen molar-refractivity contribution in [1.29, 1.82) is 0 Å². The van der Waals surface area contributed by atoms with E-state index in [1.165, 1.54) is 0 Å². The predicted molar refractivity (Wildman–Crippen MR) is 69.7 cm³/mol. The molecular weight excluding hydrogens is 264 g/mol. The first-order valence-corrected chi connectivity index (χ1v) is 6.58. The van der Waals surface area contributed by atoms with Crippen LogP contribution in [0.4, 0.5) is 0 Å². The summed E-state index contributed by atoms with van der Waals surface area (Å²) in [5.41, 5.74) is 0. The van der Waals surface area contributed by atoms with Gasteiger partial charge in [-0.3, -0.25) is 0 Å². The third-order valence-electron chi connectivity index (χ3n) is 2.40. The van der Waals surface area contributed by atoms with E-state index in [1.807, 2.05) is 12.1 Å². The molecule has 96 valence electrons. The van der Waals surface area contributed by atoms with Crippen LogP contribution < -0.4 is 0 Å². The fourth-order valence-corrected chi connectivity index (χ4v) is 2.24. The van der Waals surface area contributed by atoms with E-state index in [2.05, 4.69) is 10.1 Å². The molecule has 0 aliphatic rings. The second kappa shape index (κ2) is 5.19. The third kappa shape index (κ3) is 2.79. The Morgan fingerprint density at radius 2 is 2.00 bits per heavy atom. The van der Waals surface area contributed by atoms with Crippen molar-refractivity contribution in [2.75, 3.05) is 0 Å². The topological polar surface area (TPSA) is 72.3 Å². The minimum atomic E-state index is 0.254. The Labute approximate surface area is 113 Å². The fourth-order valence-electron chi connectivity index (χ4n) is 1.50. The second-order valence-electron chi connectivity index (χ2n) is 3.78. The van der Waals surface area contributed by atoms with Gasteiger partial charge in [0.25, 0.3) is 5.89 Å². The number of furan rings is 1. The van der Waals surface area contributed by atoms with Crippen LogP contribution in [0.1, 0.15) is 5.82 Å². The lowest BCUT2D eigenvalue weighted by Crippen LogP contribution is -1.83. The van der Waals surface area contributed by atoms with Gasteiger partial charge in [-0.05, 0) is 36.4 Å². The molecule has 0 fully saturated rings. The fraction of sp³-hybridized carbons (Fsp3) is 0.0769. The van der Waals surface area contributed by atoms with E-state index in [0.717, 1.165) is 4.90 Å². The van der Waals surface area contributed by atoms with Crippen LogP contribution in [0, 0.1) is 0 Å². The monoisotopic (exact) mass is 274 g/mol. The summed E-state index contributed by atoms with van der Waals surface area (Å²) in [6.45, 7) is 0. The molecule has 0 bridgehead atoms. The van der Waals surface area contributed by atoms with Crippen molar-refractivity contribution in [3.63, 3.8) is 0 Å². The molecule has 1 aromatic carbocycles. The Morgan fingerprint density at radius 3 is 2.74 bits per heavy atom. The van der Waals surface area contributed by atoms with Gasteiger partial charge in [0.1, 0.15) is 5.75 Å². The molecule has 2 heterocycles. The summed E-state index contributed by atoms with van der Waals surface area (Å²) < 4.78 is 10.3. The maximum atomic E-state index is 9.19. The minimum absolute atomic E-state index is 0.254. The average molecular weight is 274 g/mol. The van der Waals surface area contributed by atoms with E-state index < -0.39 is 0 Å². The van der Waals surface area contributed by atoms with Gasteiger partial charge >= 0.3 is 0 Å².